The monoisotopic (exact) mass is 458 g/mol. The summed E-state index contributed by atoms with van der Waals surface area (Å²) in [7, 11) is 0. The van der Waals surface area contributed by atoms with Gasteiger partial charge in [0.1, 0.15) is 5.41 Å². The van der Waals surface area contributed by atoms with Gasteiger partial charge in [0.15, 0.2) is 11.6 Å². The van der Waals surface area contributed by atoms with Crippen LogP contribution in [0.25, 0.3) is 0 Å². The number of hydrogen-bond acceptors (Lipinski definition) is 2. The molecule has 3 atom stereocenters. The van der Waals surface area contributed by atoms with Crippen molar-refractivity contribution < 1.29 is 13.6 Å². The van der Waals surface area contributed by atoms with Crippen LogP contribution in [-0.4, -0.2) is 12.5 Å². The minimum atomic E-state index is -1.09. The smallest absolute Gasteiger partial charge is 0.237 e. The fourth-order valence-electron chi connectivity index (χ4n) is 5.15. The molecule has 0 saturated carbocycles. The summed E-state index contributed by atoms with van der Waals surface area (Å²) in [5, 5.41) is 7.45. The van der Waals surface area contributed by atoms with Crippen LogP contribution in [0.4, 0.5) is 14.5 Å². The van der Waals surface area contributed by atoms with Gasteiger partial charge in [0.25, 0.3) is 0 Å². The summed E-state index contributed by atoms with van der Waals surface area (Å²) in [6.07, 6.45) is 0.663. The highest BCUT2D eigenvalue weighted by Crippen LogP contribution is 2.57. The van der Waals surface area contributed by atoms with E-state index in [0.717, 1.165) is 23.3 Å². The number of fused-ring (bicyclic) bond motifs is 2. The van der Waals surface area contributed by atoms with Crippen molar-refractivity contribution in [2.45, 2.75) is 23.8 Å². The van der Waals surface area contributed by atoms with Crippen molar-refractivity contribution in [2.75, 3.05) is 11.9 Å². The number of benzene rings is 3. The molecule has 0 unspecified atom stereocenters. The zero-order valence-electron chi connectivity index (χ0n) is 16.3. The van der Waals surface area contributed by atoms with E-state index in [-0.39, 0.29) is 11.8 Å². The summed E-state index contributed by atoms with van der Waals surface area (Å²) >= 11 is 12.5. The molecule has 1 fully saturated rings. The molecule has 0 aromatic heterocycles. The molecule has 2 heterocycles. The van der Waals surface area contributed by atoms with E-state index in [1.165, 1.54) is 6.07 Å². The van der Waals surface area contributed by atoms with E-state index in [9.17, 15) is 13.6 Å². The minimum Gasteiger partial charge on any atom is -0.325 e. The molecule has 0 bridgehead atoms. The lowest BCUT2D eigenvalue weighted by molar-refractivity contribution is -0.123. The summed E-state index contributed by atoms with van der Waals surface area (Å²) in [6, 6.07) is 16.0. The molecule has 158 valence electrons. The lowest BCUT2D eigenvalue weighted by Gasteiger charge is -2.47. The molecular weight excluding hydrogens is 441 g/mol. The Hall–Kier alpha value is -2.47. The Morgan fingerprint density at radius 2 is 1.71 bits per heavy atom. The van der Waals surface area contributed by atoms with Crippen LogP contribution in [0.1, 0.15) is 35.1 Å². The zero-order valence-corrected chi connectivity index (χ0v) is 17.8. The van der Waals surface area contributed by atoms with Crippen LogP contribution in [0.5, 0.6) is 0 Å². The van der Waals surface area contributed by atoms with Crippen LogP contribution in [0.3, 0.4) is 0 Å². The van der Waals surface area contributed by atoms with Crippen LogP contribution in [-0.2, 0) is 10.2 Å². The maximum absolute atomic E-state index is 14.2. The molecule has 5 rings (SSSR count). The number of rotatable bonds is 2. The van der Waals surface area contributed by atoms with Gasteiger partial charge in [-0.3, -0.25) is 4.79 Å². The lowest BCUT2D eigenvalue weighted by atomic mass is 9.59. The standard InChI is InChI=1S/C24H18Cl2F2N2O/c25-15-3-1-2-13(10-15)17-8-9-29-22(14-4-7-19(27)20(28)11-14)24(17)18-6-5-16(26)12-21(18)30-23(24)31/h1-7,10-12,17,22,29H,8-9H2,(H,30,31)/t17-,22+,24+/m0/s1. The average Bonchev–Trinajstić information content (AvgIpc) is 3.01. The first-order valence-electron chi connectivity index (χ1n) is 9.96. The van der Waals surface area contributed by atoms with E-state index in [2.05, 4.69) is 10.6 Å². The maximum atomic E-state index is 14.2. The third-order valence-electron chi connectivity index (χ3n) is 6.37. The van der Waals surface area contributed by atoms with Crippen LogP contribution >= 0.6 is 23.2 Å². The van der Waals surface area contributed by atoms with Gasteiger partial charge >= 0.3 is 0 Å². The molecule has 1 saturated heterocycles. The van der Waals surface area contributed by atoms with Gasteiger partial charge in [-0.1, -0.05) is 47.5 Å². The number of piperidine rings is 1. The Morgan fingerprint density at radius 1 is 0.903 bits per heavy atom. The van der Waals surface area contributed by atoms with Crippen molar-refractivity contribution >= 4 is 34.8 Å². The molecule has 0 aliphatic carbocycles. The molecule has 2 aliphatic rings. The second-order valence-electron chi connectivity index (χ2n) is 7.97. The molecule has 0 radical (unpaired) electrons. The van der Waals surface area contributed by atoms with Crippen molar-refractivity contribution in [3.8, 4) is 0 Å². The molecule has 1 amide bonds. The van der Waals surface area contributed by atoms with Crippen molar-refractivity contribution in [1.82, 2.24) is 5.32 Å². The Labute approximate surface area is 188 Å². The van der Waals surface area contributed by atoms with Gasteiger partial charge in [-0.15, -0.1) is 0 Å². The molecule has 3 aromatic rings. The van der Waals surface area contributed by atoms with Crippen LogP contribution < -0.4 is 10.6 Å². The molecule has 2 aliphatic heterocycles. The highest BCUT2D eigenvalue weighted by Gasteiger charge is 2.59. The summed E-state index contributed by atoms with van der Waals surface area (Å²) in [6.45, 7) is 0.596. The number of halogens is 4. The topological polar surface area (TPSA) is 41.1 Å². The first kappa shape index (κ1) is 20.4. The first-order chi connectivity index (χ1) is 14.9. The molecular formula is C24H18Cl2F2N2O. The highest BCUT2D eigenvalue weighted by molar-refractivity contribution is 6.31. The van der Waals surface area contributed by atoms with Gasteiger partial charge in [0, 0.05) is 21.7 Å². The van der Waals surface area contributed by atoms with Crippen molar-refractivity contribution in [1.29, 1.82) is 0 Å². The SMILES string of the molecule is O=C1Nc2cc(Cl)ccc2[C@]12[C@@H](c1ccc(F)c(F)c1)NCC[C@H]2c1cccc(Cl)c1. The lowest BCUT2D eigenvalue weighted by Crippen LogP contribution is -2.55. The normalized spacial score (nSPS) is 24.8. The predicted octanol–water partition coefficient (Wildman–Crippen LogP) is 5.98. The van der Waals surface area contributed by atoms with Gasteiger partial charge in [0.05, 0.1) is 6.04 Å². The fourth-order valence-corrected chi connectivity index (χ4v) is 5.52. The summed E-state index contributed by atoms with van der Waals surface area (Å²) in [4.78, 5) is 13.7. The molecule has 7 heteroatoms. The minimum absolute atomic E-state index is 0.211. The summed E-state index contributed by atoms with van der Waals surface area (Å²) in [5.41, 5.74) is 1.73. The van der Waals surface area contributed by atoms with Crippen LogP contribution in [0, 0.1) is 11.6 Å². The number of nitrogens with one attached hydrogen (secondary N) is 2. The predicted molar refractivity (Wildman–Crippen MR) is 118 cm³/mol. The third-order valence-corrected chi connectivity index (χ3v) is 6.84. The number of amides is 1. The van der Waals surface area contributed by atoms with E-state index >= 15 is 0 Å². The van der Waals surface area contributed by atoms with E-state index in [0.29, 0.717) is 34.3 Å². The second-order valence-corrected chi connectivity index (χ2v) is 8.84. The van der Waals surface area contributed by atoms with E-state index in [1.807, 2.05) is 24.3 Å². The first-order valence-corrected chi connectivity index (χ1v) is 10.7. The summed E-state index contributed by atoms with van der Waals surface area (Å²) in [5.74, 6) is -2.33. The van der Waals surface area contributed by atoms with E-state index < -0.39 is 23.1 Å². The number of carbonyl (C=O) groups excluding carboxylic acids is 1. The Kier molecular flexibility index (Phi) is 5.00. The van der Waals surface area contributed by atoms with Crippen molar-refractivity contribution in [3.05, 3.63) is 99.0 Å². The number of hydrogen-bond donors (Lipinski definition) is 2. The largest absolute Gasteiger partial charge is 0.325 e. The van der Waals surface area contributed by atoms with Crippen LogP contribution in [0.2, 0.25) is 10.0 Å². The quantitative estimate of drug-likeness (QED) is 0.495. The Balaban J connectivity index is 1.78. The van der Waals surface area contributed by atoms with Crippen molar-refractivity contribution in [2.24, 2.45) is 0 Å². The zero-order chi connectivity index (χ0) is 21.8. The van der Waals surface area contributed by atoms with Gasteiger partial charge in [-0.2, -0.15) is 0 Å². The van der Waals surface area contributed by atoms with E-state index in [1.54, 1.807) is 18.2 Å². The Bertz CT molecular complexity index is 1200. The van der Waals surface area contributed by atoms with Crippen molar-refractivity contribution in [3.63, 3.8) is 0 Å². The molecule has 1 spiro atoms. The maximum Gasteiger partial charge on any atom is 0.237 e. The van der Waals surface area contributed by atoms with Gasteiger partial charge in [-0.05, 0) is 66.1 Å². The number of anilines is 1. The van der Waals surface area contributed by atoms with Gasteiger partial charge in [-0.25, -0.2) is 8.78 Å². The van der Waals surface area contributed by atoms with Gasteiger partial charge in [0.2, 0.25) is 5.91 Å². The highest BCUT2D eigenvalue weighted by atomic mass is 35.5. The molecule has 2 N–H and O–H groups in total. The molecule has 3 aromatic carbocycles. The number of carbonyl (C=O) groups is 1. The van der Waals surface area contributed by atoms with E-state index in [4.69, 9.17) is 23.2 Å². The third kappa shape index (κ3) is 3.15. The van der Waals surface area contributed by atoms with Gasteiger partial charge < -0.3 is 10.6 Å². The fraction of sp³-hybridized carbons (Fsp3) is 0.208. The van der Waals surface area contributed by atoms with Crippen LogP contribution in [0.15, 0.2) is 60.7 Å². The molecule has 31 heavy (non-hydrogen) atoms. The summed E-state index contributed by atoms with van der Waals surface area (Å²) < 4.78 is 27.9. The average molecular weight is 459 g/mol. The molecule has 3 nitrogen and oxygen atoms in total. The Morgan fingerprint density at radius 3 is 2.48 bits per heavy atom. The second kappa shape index (κ2) is 7.59.